The Hall–Kier alpha value is -2.65. The topological polar surface area (TPSA) is 106 Å². The van der Waals surface area contributed by atoms with E-state index in [1.165, 1.54) is 57.0 Å². The van der Waals surface area contributed by atoms with Crippen LogP contribution in [0.4, 0.5) is 5.69 Å². The van der Waals surface area contributed by atoms with E-state index in [1.54, 1.807) is 0 Å². The molecule has 0 aliphatic carbocycles. The van der Waals surface area contributed by atoms with Gasteiger partial charge in [-0.05, 0) is 24.3 Å². The first-order chi connectivity index (χ1) is 11.3. The maximum Gasteiger partial charge on any atom is 0.341 e. The Morgan fingerprint density at radius 2 is 2.00 bits per heavy atom. The van der Waals surface area contributed by atoms with Crippen molar-refractivity contribution in [2.24, 2.45) is 0 Å². The Kier molecular flexibility index (Phi) is 5.37. The summed E-state index contributed by atoms with van der Waals surface area (Å²) in [5.74, 6) is -1.28. The molecule has 0 unspecified atom stereocenters. The van der Waals surface area contributed by atoms with Gasteiger partial charge in [0.25, 0.3) is 5.91 Å². The van der Waals surface area contributed by atoms with E-state index in [0.717, 1.165) is 4.31 Å². The molecule has 9 heteroatoms. The third kappa shape index (κ3) is 4.21. The number of hydrogen-bond acceptors (Lipinski definition) is 6. The molecule has 8 nitrogen and oxygen atoms in total. The second kappa shape index (κ2) is 7.28. The molecule has 0 radical (unpaired) electrons. The molecule has 0 bridgehead atoms. The fourth-order valence-corrected chi connectivity index (χ4v) is 2.69. The number of nitrogens with zero attached hydrogens (tertiary/aromatic N) is 1. The Bertz CT molecular complexity index is 827. The minimum absolute atomic E-state index is 0.0423. The van der Waals surface area contributed by atoms with E-state index in [4.69, 9.17) is 9.15 Å². The van der Waals surface area contributed by atoms with Gasteiger partial charge >= 0.3 is 5.97 Å². The highest BCUT2D eigenvalue weighted by molar-refractivity contribution is 7.89. The molecule has 24 heavy (non-hydrogen) atoms. The Morgan fingerprint density at radius 1 is 1.25 bits per heavy atom. The molecule has 0 saturated carbocycles. The highest BCUT2D eigenvalue weighted by Gasteiger charge is 2.18. The van der Waals surface area contributed by atoms with Crippen LogP contribution in [0.15, 0.2) is 52.2 Å². The molecule has 128 valence electrons. The Labute approximate surface area is 139 Å². The maximum absolute atomic E-state index is 12.1. The summed E-state index contributed by atoms with van der Waals surface area (Å²) in [4.78, 5) is 23.4. The summed E-state index contributed by atoms with van der Waals surface area (Å²) in [6.07, 6.45) is 2.52. The SMILES string of the molecule is CN(C)S(=O)(=O)c1cccc(NC(=O)COC(=O)c2ccoc2)c1. The van der Waals surface area contributed by atoms with Crippen molar-refractivity contribution in [3.63, 3.8) is 0 Å². The van der Waals surface area contributed by atoms with E-state index in [9.17, 15) is 18.0 Å². The van der Waals surface area contributed by atoms with Crippen LogP contribution in [0, 0.1) is 0 Å². The fraction of sp³-hybridized carbons (Fsp3) is 0.200. The molecule has 0 aliphatic heterocycles. The molecule has 0 saturated heterocycles. The minimum atomic E-state index is -3.60. The lowest BCUT2D eigenvalue weighted by Gasteiger charge is -2.12. The molecular formula is C15H16N2O6S. The standard InChI is InChI=1S/C15H16N2O6S/c1-17(2)24(20,21)13-5-3-4-12(8-13)16-14(18)10-23-15(19)11-6-7-22-9-11/h3-9H,10H2,1-2H3,(H,16,18). The van der Waals surface area contributed by atoms with Crippen LogP contribution in [0.2, 0.25) is 0 Å². The molecule has 1 heterocycles. The number of rotatable bonds is 6. The number of benzene rings is 1. The molecule has 0 spiro atoms. The van der Waals surface area contributed by atoms with Crippen molar-refractivity contribution in [1.29, 1.82) is 0 Å². The number of carbonyl (C=O) groups excluding carboxylic acids is 2. The van der Waals surface area contributed by atoms with Crippen molar-refractivity contribution in [1.82, 2.24) is 4.31 Å². The average molecular weight is 352 g/mol. The van der Waals surface area contributed by atoms with Crippen LogP contribution >= 0.6 is 0 Å². The van der Waals surface area contributed by atoms with Crippen LogP contribution in [-0.2, 0) is 19.6 Å². The number of esters is 1. The monoisotopic (exact) mass is 352 g/mol. The summed E-state index contributed by atoms with van der Waals surface area (Å²) >= 11 is 0. The summed E-state index contributed by atoms with van der Waals surface area (Å²) in [6.45, 7) is -0.505. The number of ether oxygens (including phenoxy) is 1. The van der Waals surface area contributed by atoms with Gasteiger partial charge in [-0.1, -0.05) is 6.07 Å². The van der Waals surface area contributed by atoms with Gasteiger partial charge in [0.2, 0.25) is 10.0 Å². The molecule has 1 amide bonds. The average Bonchev–Trinajstić information content (AvgIpc) is 3.07. The predicted octanol–water partition coefficient (Wildman–Crippen LogP) is 1.33. The van der Waals surface area contributed by atoms with E-state index in [0.29, 0.717) is 0 Å². The molecular weight excluding hydrogens is 336 g/mol. The number of amides is 1. The van der Waals surface area contributed by atoms with Crippen LogP contribution < -0.4 is 5.32 Å². The van der Waals surface area contributed by atoms with Gasteiger partial charge in [0.1, 0.15) is 6.26 Å². The fourth-order valence-electron chi connectivity index (χ4n) is 1.74. The number of furan rings is 1. The molecule has 1 N–H and O–H groups in total. The Morgan fingerprint density at radius 3 is 2.62 bits per heavy atom. The summed E-state index contributed by atoms with van der Waals surface area (Å²) < 4.78 is 34.7. The van der Waals surface area contributed by atoms with E-state index < -0.39 is 28.5 Å². The van der Waals surface area contributed by atoms with Crippen LogP contribution in [-0.4, -0.2) is 45.3 Å². The second-order valence-corrected chi connectivity index (χ2v) is 7.10. The molecule has 1 aromatic carbocycles. The molecule has 0 aliphatic rings. The van der Waals surface area contributed by atoms with E-state index in [2.05, 4.69) is 5.32 Å². The largest absolute Gasteiger partial charge is 0.472 e. The van der Waals surface area contributed by atoms with Gasteiger partial charge in [-0.3, -0.25) is 4.79 Å². The minimum Gasteiger partial charge on any atom is -0.472 e. The Balaban J connectivity index is 1.98. The molecule has 2 aromatic rings. The summed E-state index contributed by atoms with van der Waals surface area (Å²) in [7, 11) is -0.779. The lowest BCUT2D eigenvalue weighted by atomic mass is 10.3. The zero-order valence-electron chi connectivity index (χ0n) is 13.1. The third-order valence-electron chi connectivity index (χ3n) is 2.99. The summed E-state index contributed by atoms with van der Waals surface area (Å²) in [6, 6.07) is 7.19. The van der Waals surface area contributed by atoms with Crippen LogP contribution in [0.1, 0.15) is 10.4 Å². The molecule has 0 atom stereocenters. The van der Waals surface area contributed by atoms with E-state index in [-0.39, 0.29) is 16.1 Å². The summed E-state index contributed by atoms with van der Waals surface area (Å²) in [5.41, 5.74) is 0.476. The first-order valence-corrected chi connectivity index (χ1v) is 8.26. The molecule has 1 aromatic heterocycles. The second-order valence-electron chi connectivity index (χ2n) is 4.95. The van der Waals surface area contributed by atoms with Gasteiger partial charge in [-0.2, -0.15) is 0 Å². The van der Waals surface area contributed by atoms with Crippen molar-refractivity contribution in [3.8, 4) is 0 Å². The van der Waals surface area contributed by atoms with Gasteiger partial charge in [-0.25, -0.2) is 17.5 Å². The molecule has 0 fully saturated rings. The first kappa shape index (κ1) is 17.7. The number of carbonyl (C=O) groups is 2. The maximum atomic E-state index is 12.1. The predicted molar refractivity (Wildman–Crippen MR) is 84.9 cm³/mol. The lowest BCUT2D eigenvalue weighted by Crippen LogP contribution is -2.23. The number of sulfonamides is 1. The van der Waals surface area contributed by atoms with Crippen LogP contribution in [0.3, 0.4) is 0 Å². The third-order valence-corrected chi connectivity index (χ3v) is 4.80. The quantitative estimate of drug-likeness (QED) is 0.786. The van der Waals surface area contributed by atoms with Crippen molar-refractivity contribution >= 4 is 27.6 Å². The van der Waals surface area contributed by atoms with Gasteiger partial charge in [0, 0.05) is 19.8 Å². The first-order valence-electron chi connectivity index (χ1n) is 6.82. The highest BCUT2D eigenvalue weighted by Crippen LogP contribution is 2.17. The molecule has 2 rings (SSSR count). The number of anilines is 1. The van der Waals surface area contributed by atoms with E-state index >= 15 is 0 Å². The highest BCUT2D eigenvalue weighted by atomic mass is 32.2. The van der Waals surface area contributed by atoms with Crippen molar-refractivity contribution in [2.75, 3.05) is 26.0 Å². The smallest absolute Gasteiger partial charge is 0.341 e. The van der Waals surface area contributed by atoms with Gasteiger partial charge < -0.3 is 14.5 Å². The number of nitrogens with one attached hydrogen (secondary N) is 1. The van der Waals surface area contributed by atoms with Crippen molar-refractivity contribution in [3.05, 3.63) is 48.4 Å². The van der Waals surface area contributed by atoms with Gasteiger partial charge in [0.05, 0.1) is 16.7 Å². The van der Waals surface area contributed by atoms with Crippen molar-refractivity contribution < 1.29 is 27.2 Å². The van der Waals surface area contributed by atoms with Crippen LogP contribution in [0.25, 0.3) is 0 Å². The normalized spacial score (nSPS) is 11.3. The zero-order chi connectivity index (χ0) is 17.7. The van der Waals surface area contributed by atoms with Gasteiger partial charge in [-0.15, -0.1) is 0 Å². The van der Waals surface area contributed by atoms with Crippen molar-refractivity contribution in [2.45, 2.75) is 4.90 Å². The summed E-state index contributed by atoms with van der Waals surface area (Å²) in [5, 5.41) is 2.47. The van der Waals surface area contributed by atoms with E-state index in [1.807, 2.05) is 0 Å². The van der Waals surface area contributed by atoms with Crippen LogP contribution in [0.5, 0.6) is 0 Å². The number of hydrogen-bond donors (Lipinski definition) is 1. The lowest BCUT2D eigenvalue weighted by molar-refractivity contribution is -0.119. The van der Waals surface area contributed by atoms with Gasteiger partial charge in [0.15, 0.2) is 6.61 Å². The zero-order valence-corrected chi connectivity index (χ0v) is 13.9.